The summed E-state index contributed by atoms with van der Waals surface area (Å²) in [5, 5.41) is 13.0. The van der Waals surface area contributed by atoms with Gasteiger partial charge in [-0.25, -0.2) is 0 Å². The summed E-state index contributed by atoms with van der Waals surface area (Å²) in [6.07, 6.45) is 4.16. The molecule has 5 heteroatoms. The van der Waals surface area contributed by atoms with Gasteiger partial charge in [0.1, 0.15) is 5.76 Å². The molecule has 1 fully saturated rings. The lowest BCUT2D eigenvalue weighted by Gasteiger charge is -2.25. The zero-order valence-electron chi connectivity index (χ0n) is 9.59. The Balaban J connectivity index is 1.72. The van der Waals surface area contributed by atoms with Gasteiger partial charge in [-0.1, -0.05) is 6.42 Å². The summed E-state index contributed by atoms with van der Waals surface area (Å²) in [5.74, 6) is 1.51. The molecule has 0 aromatic carbocycles. The van der Waals surface area contributed by atoms with Gasteiger partial charge in [0.15, 0.2) is 4.67 Å². The fourth-order valence-corrected chi connectivity index (χ4v) is 2.98. The molecule has 2 unspecified atom stereocenters. The number of aliphatic hydroxyl groups is 1. The van der Waals surface area contributed by atoms with Crippen LogP contribution in [0, 0.1) is 5.92 Å². The molecule has 2 N–H and O–H groups in total. The number of aliphatic hydroxyl groups excluding tert-OH is 1. The van der Waals surface area contributed by atoms with Crippen LogP contribution >= 0.6 is 31.9 Å². The van der Waals surface area contributed by atoms with E-state index in [0.29, 0.717) is 5.92 Å². The molecule has 2 rings (SSSR count). The molecule has 0 aliphatic heterocycles. The minimum atomic E-state index is -0.0950. The van der Waals surface area contributed by atoms with E-state index in [0.717, 1.165) is 47.3 Å². The van der Waals surface area contributed by atoms with Gasteiger partial charge in [0.05, 0.1) is 17.1 Å². The van der Waals surface area contributed by atoms with E-state index in [1.807, 2.05) is 6.07 Å². The number of furan rings is 1. The highest BCUT2D eigenvalue weighted by atomic mass is 79.9. The van der Waals surface area contributed by atoms with Crippen molar-refractivity contribution in [3.05, 3.63) is 21.0 Å². The van der Waals surface area contributed by atoms with Crippen molar-refractivity contribution < 1.29 is 9.52 Å². The van der Waals surface area contributed by atoms with Crippen LogP contribution in [0.15, 0.2) is 19.6 Å². The van der Waals surface area contributed by atoms with Crippen molar-refractivity contribution in [1.82, 2.24) is 5.32 Å². The Morgan fingerprint density at radius 3 is 2.88 bits per heavy atom. The Hall–Kier alpha value is 0.160. The van der Waals surface area contributed by atoms with Crippen molar-refractivity contribution in [2.24, 2.45) is 5.92 Å². The SMILES string of the molecule is OC1CCCC(CNCc2cc(Br)c(Br)o2)C1. The first-order valence-electron chi connectivity index (χ1n) is 5.97. The molecule has 2 atom stereocenters. The highest BCUT2D eigenvalue weighted by Crippen LogP contribution is 2.27. The van der Waals surface area contributed by atoms with Gasteiger partial charge in [-0.2, -0.15) is 0 Å². The van der Waals surface area contributed by atoms with E-state index >= 15 is 0 Å². The Morgan fingerprint density at radius 2 is 2.24 bits per heavy atom. The van der Waals surface area contributed by atoms with Gasteiger partial charge in [-0.3, -0.25) is 0 Å². The van der Waals surface area contributed by atoms with Gasteiger partial charge < -0.3 is 14.8 Å². The summed E-state index contributed by atoms with van der Waals surface area (Å²) in [5.41, 5.74) is 0. The van der Waals surface area contributed by atoms with Gasteiger partial charge in [0.25, 0.3) is 0 Å². The van der Waals surface area contributed by atoms with Crippen molar-refractivity contribution in [2.45, 2.75) is 38.3 Å². The fraction of sp³-hybridized carbons (Fsp3) is 0.667. The maximum absolute atomic E-state index is 9.58. The quantitative estimate of drug-likeness (QED) is 0.857. The molecular weight excluding hydrogens is 350 g/mol. The molecule has 0 radical (unpaired) electrons. The fourth-order valence-electron chi connectivity index (χ4n) is 2.33. The van der Waals surface area contributed by atoms with Crippen LogP contribution in [0.25, 0.3) is 0 Å². The van der Waals surface area contributed by atoms with Crippen molar-refractivity contribution >= 4 is 31.9 Å². The number of hydrogen-bond donors (Lipinski definition) is 2. The molecule has 3 nitrogen and oxygen atoms in total. The lowest BCUT2D eigenvalue weighted by Crippen LogP contribution is -2.28. The summed E-state index contributed by atoms with van der Waals surface area (Å²) >= 11 is 6.71. The van der Waals surface area contributed by atoms with Crippen LogP contribution in [0.2, 0.25) is 0 Å². The third-order valence-electron chi connectivity index (χ3n) is 3.18. The molecule has 1 aromatic heterocycles. The van der Waals surface area contributed by atoms with Crippen LogP contribution in [-0.2, 0) is 6.54 Å². The molecule has 17 heavy (non-hydrogen) atoms. The molecule has 0 bridgehead atoms. The van der Waals surface area contributed by atoms with Crippen LogP contribution in [0.4, 0.5) is 0 Å². The second kappa shape index (κ2) is 6.36. The monoisotopic (exact) mass is 365 g/mol. The summed E-state index contributed by atoms with van der Waals surface area (Å²) in [7, 11) is 0. The minimum Gasteiger partial charge on any atom is -0.452 e. The number of hydrogen-bond acceptors (Lipinski definition) is 3. The first kappa shape index (κ1) is 13.6. The van der Waals surface area contributed by atoms with Crippen molar-refractivity contribution in [3.8, 4) is 0 Å². The van der Waals surface area contributed by atoms with Crippen molar-refractivity contribution in [2.75, 3.05) is 6.54 Å². The van der Waals surface area contributed by atoms with Crippen LogP contribution in [-0.4, -0.2) is 17.8 Å². The van der Waals surface area contributed by atoms with Gasteiger partial charge in [-0.15, -0.1) is 0 Å². The third-order valence-corrected chi connectivity index (χ3v) is 4.89. The maximum atomic E-state index is 9.58. The van der Waals surface area contributed by atoms with Crippen molar-refractivity contribution in [3.63, 3.8) is 0 Å². The second-order valence-electron chi connectivity index (χ2n) is 4.65. The number of nitrogens with one attached hydrogen (secondary N) is 1. The number of halogens is 2. The van der Waals surface area contributed by atoms with Gasteiger partial charge in [0.2, 0.25) is 0 Å². The third kappa shape index (κ3) is 4.09. The molecule has 1 aromatic rings. The van der Waals surface area contributed by atoms with Crippen LogP contribution < -0.4 is 5.32 Å². The Bertz CT molecular complexity index is 348. The molecule has 96 valence electrons. The lowest BCUT2D eigenvalue weighted by atomic mass is 9.87. The van der Waals surface area contributed by atoms with Crippen LogP contribution in [0.5, 0.6) is 0 Å². The zero-order valence-corrected chi connectivity index (χ0v) is 12.8. The largest absolute Gasteiger partial charge is 0.452 e. The standard InChI is InChI=1S/C12H17Br2NO2/c13-11-5-10(17-12(11)14)7-15-6-8-2-1-3-9(16)4-8/h5,8-9,15-16H,1-4,6-7H2. The number of rotatable bonds is 4. The molecule has 0 saturated heterocycles. The minimum absolute atomic E-state index is 0.0950. The molecule has 1 saturated carbocycles. The highest BCUT2D eigenvalue weighted by molar-refractivity contribution is 9.13. The van der Waals surface area contributed by atoms with E-state index in [4.69, 9.17) is 4.42 Å². The molecule has 1 aliphatic rings. The first-order chi connectivity index (χ1) is 8.15. The molecule has 0 spiro atoms. The second-order valence-corrected chi connectivity index (χ2v) is 6.23. The van der Waals surface area contributed by atoms with Gasteiger partial charge in [0, 0.05) is 0 Å². The van der Waals surface area contributed by atoms with E-state index in [2.05, 4.69) is 37.2 Å². The van der Waals surface area contributed by atoms with E-state index in [1.165, 1.54) is 6.42 Å². The normalized spacial score (nSPS) is 25.1. The van der Waals surface area contributed by atoms with Gasteiger partial charge >= 0.3 is 0 Å². The lowest BCUT2D eigenvalue weighted by molar-refractivity contribution is 0.100. The van der Waals surface area contributed by atoms with Crippen molar-refractivity contribution in [1.29, 1.82) is 0 Å². The van der Waals surface area contributed by atoms with Crippen LogP contribution in [0.3, 0.4) is 0 Å². The Morgan fingerprint density at radius 1 is 1.41 bits per heavy atom. The first-order valence-corrected chi connectivity index (χ1v) is 7.56. The highest BCUT2D eigenvalue weighted by Gasteiger charge is 2.19. The summed E-state index contributed by atoms with van der Waals surface area (Å²) in [6.45, 7) is 1.68. The Labute approximate surface area is 118 Å². The zero-order chi connectivity index (χ0) is 12.3. The average Bonchev–Trinajstić information content (AvgIpc) is 2.58. The smallest absolute Gasteiger partial charge is 0.183 e. The molecule has 1 heterocycles. The van der Waals surface area contributed by atoms with E-state index < -0.39 is 0 Å². The maximum Gasteiger partial charge on any atom is 0.183 e. The predicted octanol–water partition coefficient (Wildman–Crippen LogP) is 3.45. The van der Waals surface area contributed by atoms with E-state index in [9.17, 15) is 5.11 Å². The Kier molecular flexibility index (Phi) is 5.09. The summed E-state index contributed by atoms with van der Waals surface area (Å²) in [4.78, 5) is 0. The summed E-state index contributed by atoms with van der Waals surface area (Å²) < 4.78 is 7.17. The van der Waals surface area contributed by atoms with E-state index in [1.54, 1.807) is 0 Å². The molecular formula is C12H17Br2NO2. The van der Waals surface area contributed by atoms with E-state index in [-0.39, 0.29) is 6.10 Å². The topological polar surface area (TPSA) is 45.4 Å². The van der Waals surface area contributed by atoms with Crippen LogP contribution in [0.1, 0.15) is 31.4 Å². The molecule has 1 aliphatic carbocycles. The molecule has 0 amide bonds. The predicted molar refractivity (Wildman–Crippen MR) is 73.8 cm³/mol. The summed E-state index contributed by atoms with van der Waals surface area (Å²) in [6, 6.07) is 1.97. The van der Waals surface area contributed by atoms with Gasteiger partial charge in [-0.05, 0) is 69.7 Å². The average molecular weight is 367 g/mol.